The van der Waals surface area contributed by atoms with Crippen LogP contribution in [-0.2, 0) is 77.4 Å². The van der Waals surface area contributed by atoms with Gasteiger partial charge in [0.1, 0.15) is 24.4 Å². The molecule has 0 radical (unpaired) electrons. The molecule has 3 aromatic rings. The summed E-state index contributed by atoms with van der Waals surface area (Å²) in [5, 5.41) is 36.8. The van der Waals surface area contributed by atoms with Crippen LogP contribution in [0.1, 0.15) is 450 Å². The zero-order chi connectivity index (χ0) is 87.5. The molecule has 122 heavy (non-hydrogen) atoms. The summed E-state index contributed by atoms with van der Waals surface area (Å²) in [6, 6.07) is 30.1. The van der Waals surface area contributed by atoms with Crippen molar-refractivity contribution in [2.75, 3.05) is 84.6 Å². The van der Waals surface area contributed by atoms with E-state index in [1.165, 1.54) is 376 Å². The smallest absolute Gasteiger partial charge is 0.163 e. The van der Waals surface area contributed by atoms with Crippen molar-refractivity contribution in [3.05, 3.63) is 115 Å². The quantitative estimate of drug-likeness (QED) is 0.0184. The van der Waals surface area contributed by atoms with Gasteiger partial charge >= 0.3 is 0 Å². The summed E-state index contributed by atoms with van der Waals surface area (Å²) in [7, 11) is 0. The zero-order valence-corrected chi connectivity index (χ0v) is 84.7. The number of alkyl halides is 2. The van der Waals surface area contributed by atoms with Crippen molar-refractivity contribution >= 4 is 27.5 Å². The molecule has 0 spiro atoms. The SMILES string of the molecule is CC1(C)OCC(CO)O1.CCCCCCCCCCCCCCBr.CCCCCCCCCCCCCCOCC(CO)OCCCCCCCCCCCCCC.CCCCCCCCCCCCCCOCC(COCc1ccccc1)OCCCCCCCCCCCCCC.ClCc1ccccc1.OCC(O)COCc1ccccc1.[CH3-].[Pd]. The van der Waals surface area contributed by atoms with Gasteiger partial charge in [-0.05, 0) is 62.6 Å². The van der Waals surface area contributed by atoms with Crippen LogP contribution in [0.15, 0.2) is 91.0 Å². The monoisotopic (exact) mass is 1900 g/mol. The van der Waals surface area contributed by atoms with E-state index in [0.717, 1.165) is 57.7 Å². The maximum atomic E-state index is 9.52. The number of benzene rings is 3. The molecule has 0 amide bonds. The van der Waals surface area contributed by atoms with Crippen LogP contribution >= 0.6 is 27.5 Å². The fourth-order valence-electron chi connectivity index (χ4n) is 14.4. The second-order valence-corrected chi connectivity index (χ2v) is 35.6. The number of hydrogen-bond donors (Lipinski definition) is 4. The topological polar surface area (TPSA) is 155 Å². The first-order valence-electron chi connectivity index (χ1n) is 50.6. The van der Waals surface area contributed by atoms with Gasteiger partial charge in [-0.2, -0.15) is 0 Å². The molecule has 12 nitrogen and oxygen atoms in total. The van der Waals surface area contributed by atoms with Crippen molar-refractivity contribution in [2.45, 2.75) is 483 Å². The maximum absolute atomic E-state index is 9.52. The van der Waals surface area contributed by atoms with Gasteiger partial charge in [-0.1, -0.05) is 495 Å². The molecule has 4 rings (SSSR count). The van der Waals surface area contributed by atoms with Gasteiger partial charge in [0.2, 0.25) is 0 Å². The third-order valence-electron chi connectivity index (χ3n) is 22.1. The molecule has 0 aliphatic carbocycles. The van der Waals surface area contributed by atoms with Gasteiger partial charge in [-0.15, -0.1) is 11.6 Å². The Hall–Kier alpha value is -1.39. The number of halogens is 2. The summed E-state index contributed by atoms with van der Waals surface area (Å²) < 4.78 is 45.4. The average molecular weight is 1900 g/mol. The molecule has 15 heteroatoms. The Morgan fingerprint density at radius 3 is 0.844 bits per heavy atom. The number of ether oxygens (including phenoxy) is 8. The molecule has 0 aromatic heterocycles. The van der Waals surface area contributed by atoms with Crippen molar-refractivity contribution in [2.24, 2.45) is 0 Å². The fourth-order valence-corrected chi connectivity index (χ4v) is 15.0. The maximum Gasteiger partial charge on any atom is 0.163 e. The minimum Gasteiger partial charge on any atom is -0.394 e. The molecule has 1 saturated heterocycles. The van der Waals surface area contributed by atoms with Crippen molar-refractivity contribution in [1.82, 2.24) is 0 Å². The Morgan fingerprint density at radius 2 is 0.598 bits per heavy atom. The molecule has 1 aliphatic rings. The van der Waals surface area contributed by atoms with Crippen LogP contribution in [0.3, 0.4) is 0 Å². The Kier molecular flexibility index (Phi) is 113. The summed E-state index contributed by atoms with van der Waals surface area (Å²) in [5.41, 5.74) is 3.45. The molecule has 0 bridgehead atoms. The minimum atomic E-state index is -0.774. The van der Waals surface area contributed by atoms with E-state index >= 15 is 0 Å². The van der Waals surface area contributed by atoms with E-state index in [-0.39, 0.29) is 72.6 Å². The van der Waals surface area contributed by atoms with Crippen LogP contribution in [0.5, 0.6) is 0 Å². The van der Waals surface area contributed by atoms with Crippen LogP contribution in [0.2, 0.25) is 0 Å². The summed E-state index contributed by atoms with van der Waals surface area (Å²) >= 11 is 9.00. The van der Waals surface area contributed by atoms with E-state index < -0.39 is 11.9 Å². The fraction of sp³-hybridized carbons (Fsp3) is 0.822. The Labute approximate surface area is 783 Å². The molecule has 1 fully saturated rings. The van der Waals surface area contributed by atoms with E-state index in [0.29, 0.717) is 45.5 Å². The van der Waals surface area contributed by atoms with Gasteiger partial charge in [0, 0.05) is 58.1 Å². The van der Waals surface area contributed by atoms with E-state index in [1.807, 2.05) is 80.6 Å². The number of hydrogen-bond acceptors (Lipinski definition) is 12. The summed E-state index contributed by atoms with van der Waals surface area (Å²) in [5.74, 6) is 0.119. The summed E-state index contributed by atoms with van der Waals surface area (Å²) in [6.45, 7) is 21.7. The first-order chi connectivity index (χ1) is 59.0. The minimum absolute atomic E-state index is 0. The predicted molar refractivity (Wildman–Crippen MR) is 527 cm³/mol. The summed E-state index contributed by atoms with van der Waals surface area (Å²) in [6.07, 6.45) is 81.9. The number of aliphatic hydroxyl groups excluding tert-OH is 4. The van der Waals surface area contributed by atoms with Gasteiger partial charge in [-0.3, -0.25) is 0 Å². The predicted octanol–water partition coefficient (Wildman–Crippen LogP) is 31.4. The molecule has 3 aromatic carbocycles. The molecule has 4 N–H and O–H groups in total. The first kappa shape index (κ1) is 127. The van der Waals surface area contributed by atoms with Crippen LogP contribution in [0.25, 0.3) is 0 Å². The van der Waals surface area contributed by atoms with Crippen LogP contribution in [-0.4, -0.2) is 135 Å². The van der Waals surface area contributed by atoms with Gasteiger partial charge in [0.05, 0.1) is 66.1 Å². The Balaban J connectivity index is -0.000000756. The van der Waals surface area contributed by atoms with Gasteiger partial charge in [0.25, 0.3) is 0 Å². The Bertz CT molecular complexity index is 2290. The van der Waals surface area contributed by atoms with E-state index in [1.54, 1.807) is 0 Å². The van der Waals surface area contributed by atoms with Gasteiger partial charge in [-0.25, -0.2) is 0 Å². The molecule has 1 aliphatic heterocycles. The van der Waals surface area contributed by atoms with E-state index in [9.17, 15) is 5.11 Å². The second-order valence-electron chi connectivity index (χ2n) is 34.5. The third-order valence-corrected chi connectivity index (χ3v) is 23.0. The van der Waals surface area contributed by atoms with Crippen LogP contribution in [0.4, 0.5) is 0 Å². The van der Waals surface area contributed by atoms with Crippen molar-refractivity contribution in [1.29, 1.82) is 0 Å². The summed E-state index contributed by atoms with van der Waals surface area (Å²) in [4.78, 5) is 0. The van der Waals surface area contributed by atoms with E-state index in [4.69, 9.17) is 64.8 Å². The molecular formula is C107H199BrClO12Pd-. The van der Waals surface area contributed by atoms with Crippen LogP contribution < -0.4 is 0 Å². The number of aliphatic hydroxyl groups is 4. The van der Waals surface area contributed by atoms with E-state index in [2.05, 4.69) is 74.8 Å². The van der Waals surface area contributed by atoms with Gasteiger partial charge < -0.3 is 65.7 Å². The van der Waals surface area contributed by atoms with Gasteiger partial charge in [0.15, 0.2) is 5.79 Å². The standard InChI is InChI=1S/C38H70O3.C31H64O3.C14H29Br.C10H14O3.C7H7Cl.C6H12O3.CH3.Pd/c1-3-5-7-9-11-13-15-17-19-21-23-28-32-39-35-38(36-40-34-37-30-26-25-27-31-37)41-33-29-24-22-20-18-16-14-12-10-8-6-4-2;1-3-5-7-9-11-13-15-17-19-21-23-25-27-33-30-31(29-32)34-28-26-24-22-20-18-16-14-12-10-8-6-4-2;1-2-3-4-5-6-7-8-9-10-11-12-13-14-15;11-6-10(12)8-13-7-9-4-2-1-3-5-9;8-6-7-4-2-1-3-5-7;1-6(2)8-4-5(3-7)9-6;;/h25-27,30-31,38H,3-24,28-29,32-36H2,1-2H3;31-32H,3-30H2,1-2H3;2-14H2,1H3;1-5,10-12H,6-8H2;1-5H,6H2;5,7H,3-4H2,1-2H3;1H3;/q;;;;;;-1;. The zero-order valence-electron chi connectivity index (χ0n) is 80.8. The van der Waals surface area contributed by atoms with Crippen molar-refractivity contribution < 1.29 is 78.7 Å². The second kappa shape index (κ2) is 108. The number of unbranched alkanes of at least 4 members (excludes halogenated alkanes) is 55. The first-order valence-corrected chi connectivity index (χ1v) is 52.3. The molecular weight excluding hydrogens is 1700 g/mol. The Morgan fingerprint density at radius 1 is 0.344 bits per heavy atom. The molecule has 724 valence electrons. The normalized spacial score (nSPS) is 13.3. The van der Waals surface area contributed by atoms with Crippen molar-refractivity contribution in [3.63, 3.8) is 0 Å². The largest absolute Gasteiger partial charge is 0.394 e. The molecule has 4 unspecified atom stereocenters. The molecule has 4 atom stereocenters. The molecule has 0 saturated carbocycles. The van der Waals surface area contributed by atoms with Crippen LogP contribution in [0, 0.1) is 7.43 Å². The average Bonchev–Trinajstić information content (AvgIpc) is 1.74. The third kappa shape index (κ3) is 101. The molecule has 1 heterocycles. The van der Waals surface area contributed by atoms with Crippen molar-refractivity contribution in [3.8, 4) is 0 Å². The number of rotatable bonds is 82.